The summed E-state index contributed by atoms with van der Waals surface area (Å²) in [5.74, 6) is -0.906. The molecule has 0 aliphatic rings. The molecule has 1 heterocycles. The van der Waals surface area contributed by atoms with Crippen LogP contribution in [0.2, 0.25) is 0 Å². The normalized spacial score (nSPS) is 13.1. The number of carboxylic acids is 1. The van der Waals surface area contributed by atoms with Crippen LogP contribution in [-0.2, 0) is 11.2 Å². The first kappa shape index (κ1) is 11.2. The average Bonchev–Trinajstić information content (AvgIpc) is 2.46. The Bertz CT molecular complexity index is 320. The summed E-state index contributed by atoms with van der Waals surface area (Å²) in [4.78, 5) is 15.2. The fraction of sp³-hybridized carbons (Fsp3) is 0.600. The topological polar surface area (TPSA) is 50.2 Å². The van der Waals surface area contributed by atoms with E-state index in [4.69, 9.17) is 5.11 Å². The second-order valence-corrected chi connectivity index (χ2v) is 4.81. The Kier molecular flexibility index (Phi) is 3.63. The highest BCUT2D eigenvalue weighted by atomic mass is 32.1. The number of hydrogen-bond acceptors (Lipinski definition) is 3. The van der Waals surface area contributed by atoms with Gasteiger partial charge in [0.2, 0.25) is 0 Å². The molecule has 14 heavy (non-hydrogen) atoms. The van der Waals surface area contributed by atoms with E-state index in [9.17, 15) is 4.79 Å². The summed E-state index contributed by atoms with van der Waals surface area (Å²) in [5, 5.41) is 11.9. The molecule has 0 radical (unpaired) electrons. The standard InChI is InChI=1S/C10H15NO2S/c1-6(2)9(10(12)13)4-8-5-14-7(3)11-8/h5-6,9H,4H2,1-3H3,(H,12,13). The maximum Gasteiger partial charge on any atom is 0.307 e. The number of aliphatic carboxylic acids is 1. The molecule has 0 aliphatic carbocycles. The Morgan fingerprint density at radius 3 is 2.64 bits per heavy atom. The van der Waals surface area contributed by atoms with Crippen LogP contribution in [0.5, 0.6) is 0 Å². The number of nitrogens with zero attached hydrogens (tertiary/aromatic N) is 1. The molecule has 78 valence electrons. The number of rotatable bonds is 4. The predicted octanol–water partition coefficient (Wildman–Crippen LogP) is 2.35. The van der Waals surface area contributed by atoms with E-state index in [0.29, 0.717) is 6.42 Å². The van der Waals surface area contributed by atoms with Crippen LogP contribution in [0.1, 0.15) is 24.5 Å². The lowest BCUT2D eigenvalue weighted by Crippen LogP contribution is -2.22. The van der Waals surface area contributed by atoms with E-state index in [0.717, 1.165) is 10.7 Å². The molecule has 0 aliphatic heterocycles. The lowest BCUT2D eigenvalue weighted by molar-refractivity contribution is -0.143. The van der Waals surface area contributed by atoms with Crippen molar-refractivity contribution in [2.45, 2.75) is 27.2 Å². The van der Waals surface area contributed by atoms with Crippen LogP contribution in [0, 0.1) is 18.8 Å². The number of carbonyl (C=O) groups is 1. The molecule has 1 atom stereocenters. The van der Waals surface area contributed by atoms with Crippen molar-refractivity contribution in [3.8, 4) is 0 Å². The van der Waals surface area contributed by atoms with Crippen molar-refractivity contribution in [3.05, 3.63) is 16.1 Å². The fourth-order valence-corrected chi connectivity index (χ4v) is 1.96. The molecule has 0 fully saturated rings. The van der Waals surface area contributed by atoms with Crippen molar-refractivity contribution < 1.29 is 9.90 Å². The summed E-state index contributed by atoms with van der Waals surface area (Å²) in [6.45, 7) is 5.79. The zero-order valence-corrected chi connectivity index (χ0v) is 9.47. The van der Waals surface area contributed by atoms with Crippen LogP contribution in [0.3, 0.4) is 0 Å². The van der Waals surface area contributed by atoms with Crippen LogP contribution in [-0.4, -0.2) is 16.1 Å². The molecular weight excluding hydrogens is 198 g/mol. The summed E-state index contributed by atoms with van der Waals surface area (Å²) in [7, 11) is 0. The van der Waals surface area contributed by atoms with Crippen LogP contribution in [0.4, 0.5) is 0 Å². The smallest absolute Gasteiger partial charge is 0.307 e. The van der Waals surface area contributed by atoms with Gasteiger partial charge in [-0.2, -0.15) is 0 Å². The molecule has 0 aromatic carbocycles. The molecule has 0 spiro atoms. The molecule has 4 heteroatoms. The van der Waals surface area contributed by atoms with Gasteiger partial charge in [0, 0.05) is 11.8 Å². The predicted molar refractivity (Wildman–Crippen MR) is 56.5 cm³/mol. The average molecular weight is 213 g/mol. The second-order valence-electron chi connectivity index (χ2n) is 3.75. The number of carboxylic acid groups (broad SMARTS) is 1. The Morgan fingerprint density at radius 2 is 2.29 bits per heavy atom. The highest BCUT2D eigenvalue weighted by Gasteiger charge is 2.22. The lowest BCUT2D eigenvalue weighted by Gasteiger charge is -2.14. The van der Waals surface area contributed by atoms with Gasteiger partial charge in [0.15, 0.2) is 0 Å². The Morgan fingerprint density at radius 1 is 1.64 bits per heavy atom. The van der Waals surface area contributed by atoms with Gasteiger partial charge in [0.25, 0.3) is 0 Å². The molecule has 1 unspecified atom stereocenters. The first-order chi connectivity index (χ1) is 6.50. The van der Waals surface area contributed by atoms with Crippen LogP contribution < -0.4 is 0 Å². The van der Waals surface area contributed by atoms with Gasteiger partial charge in [-0.25, -0.2) is 4.98 Å². The molecule has 3 nitrogen and oxygen atoms in total. The Labute approximate surface area is 87.8 Å². The van der Waals surface area contributed by atoms with Gasteiger partial charge in [-0.15, -0.1) is 11.3 Å². The summed E-state index contributed by atoms with van der Waals surface area (Å²) >= 11 is 1.57. The second kappa shape index (κ2) is 4.55. The third-order valence-electron chi connectivity index (χ3n) is 2.22. The van der Waals surface area contributed by atoms with Gasteiger partial charge in [-0.1, -0.05) is 13.8 Å². The maximum atomic E-state index is 10.9. The zero-order valence-electron chi connectivity index (χ0n) is 8.65. The van der Waals surface area contributed by atoms with Crippen molar-refractivity contribution in [2.24, 2.45) is 11.8 Å². The van der Waals surface area contributed by atoms with Gasteiger partial charge < -0.3 is 5.11 Å². The minimum Gasteiger partial charge on any atom is -0.481 e. The third-order valence-corrected chi connectivity index (χ3v) is 3.04. The van der Waals surface area contributed by atoms with E-state index in [-0.39, 0.29) is 11.8 Å². The zero-order chi connectivity index (χ0) is 10.7. The summed E-state index contributed by atoms with van der Waals surface area (Å²) in [6, 6.07) is 0. The van der Waals surface area contributed by atoms with Gasteiger partial charge in [-0.3, -0.25) is 4.79 Å². The van der Waals surface area contributed by atoms with Gasteiger partial charge in [0.05, 0.1) is 16.6 Å². The minimum absolute atomic E-state index is 0.148. The number of hydrogen-bond donors (Lipinski definition) is 1. The van der Waals surface area contributed by atoms with Crippen molar-refractivity contribution in [1.29, 1.82) is 0 Å². The van der Waals surface area contributed by atoms with Crippen molar-refractivity contribution in [2.75, 3.05) is 0 Å². The first-order valence-electron chi connectivity index (χ1n) is 4.64. The summed E-state index contributed by atoms with van der Waals surface area (Å²) in [5.41, 5.74) is 0.897. The third kappa shape index (κ3) is 2.80. The summed E-state index contributed by atoms with van der Waals surface area (Å²) < 4.78 is 0. The van der Waals surface area contributed by atoms with Gasteiger partial charge in [0.1, 0.15) is 0 Å². The van der Waals surface area contributed by atoms with E-state index < -0.39 is 5.97 Å². The fourth-order valence-electron chi connectivity index (χ4n) is 1.34. The monoisotopic (exact) mass is 213 g/mol. The van der Waals surface area contributed by atoms with E-state index in [2.05, 4.69) is 4.98 Å². The van der Waals surface area contributed by atoms with Crippen molar-refractivity contribution in [1.82, 2.24) is 4.98 Å². The largest absolute Gasteiger partial charge is 0.481 e. The van der Waals surface area contributed by atoms with Crippen molar-refractivity contribution in [3.63, 3.8) is 0 Å². The Balaban J connectivity index is 2.69. The van der Waals surface area contributed by atoms with E-state index >= 15 is 0 Å². The number of thiazole rings is 1. The van der Waals surface area contributed by atoms with Crippen LogP contribution in [0.25, 0.3) is 0 Å². The molecule has 1 aromatic heterocycles. The molecule has 0 amide bonds. The van der Waals surface area contributed by atoms with Crippen molar-refractivity contribution >= 4 is 17.3 Å². The number of aryl methyl sites for hydroxylation is 1. The SMILES string of the molecule is Cc1nc(CC(C(=O)O)C(C)C)cs1. The van der Waals surface area contributed by atoms with E-state index in [1.54, 1.807) is 11.3 Å². The number of aromatic nitrogens is 1. The summed E-state index contributed by atoms with van der Waals surface area (Å²) in [6.07, 6.45) is 0.539. The lowest BCUT2D eigenvalue weighted by atomic mass is 9.92. The molecule has 0 saturated carbocycles. The Hall–Kier alpha value is -0.900. The molecule has 1 rings (SSSR count). The van der Waals surface area contributed by atoms with E-state index in [1.807, 2.05) is 26.2 Å². The molecule has 1 N–H and O–H groups in total. The molecule has 0 bridgehead atoms. The van der Waals surface area contributed by atoms with Crippen LogP contribution >= 0.6 is 11.3 Å². The van der Waals surface area contributed by atoms with Crippen LogP contribution in [0.15, 0.2) is 5.38 Å². The maximum absolute atomic E-state index is 10.9. The first-order valence-corrected chi connectivity index (χ1v) is 5.52. The highest BCUT2D eigenvalue weighted by molar-refractivity contribution is 7.09. The molecular formula is C10H15NO2S. The minimum atomic E-state index is -0.731. The van der Waals surface area contributed by atoms with E-state index in [1.165, 1.54) is 0 Å². The van der Waals surface area contributed by atoms with Gasteiger partial charge >= 0.3 is 5.97 Å². The molecule has 0 saturated heterocycles. The van der Waals surface area contributed by atoms with Gasteiger partial charge in [-0.05, 0) is 12.8 Å². The highest BCUT2D eigenvalue weighted by Crippen LogP contribution is 2.18. The quantitative estimate of drug-likeness (QED) is 0.835. The molecule has 1 aromatic rings.